The zero-order valence-corrected chi connectivity index (χ0v) is 9.27. The fourth-order valence-corrected chi connectivity index (χ4v) is 1.37. The summed E-state index contributed by atoms with van der Waals surface area (Å²) in [6.45, 7) is 0. The van der Waals surface area contributed by atoms with E-state index in [1.54, 1.807) is 0 Å². The lowest BCUT2D eigenvalue weighted by molar-refractivity contribution is -0.385. The number of nitrogens with zero attached hydrogens (tertiary/aromatic N) is 1. The minimum Gasteiger partial charge on any atom is -0.451 e. The van der Waals surface area contributed by atoms with E-state index in [9.17, 15) is 23.3 Å². The molecule has 2 rings (SSSR count). The van der Waals surface area contributed by atoms with Crippen molar-refractivity contribution in [3.05, 3.63) is 64.0 Å². The van der Waals surface area contributed by atoms with Gasteiger partial charge in [-0.1, -0.05) is 0 Å². The number of nitro groups is 1. The molecule has 0 spiro atoms. The molecule has 0 aliphatic heterocycles. The highest BCUT2D eigenvalue weighted by Crippen LogP contribution is 2.30. The molecular weight excluding hydrogens is 263 g/mol. The van der Waals surface area contributed by atoms with Crippen LogP contribution in [0.4, 0.5) is 18.9 Å². The highest BCUT2D eigenvalue weighted by atomic mass is 19.1. The molecule has 7 heteroatoms. The number of ether oxygens (including phenoxy) is 1. The summed E-state index contributed by atoms with van der Waals surface area (Å²) in [6, 6.07) is 5.54. The minimum absolute atomic E-state index is 0.00746. The molecule has 0 radical (unpaired) electrons. The second-order valence-electron chi connectivity index (χ2n) is 3.55. The van der Waals surface area contributed by atoms with Crippen molar-refractivity contribution in [2.45, 2.75) is 0 Å². The van der Waals surface area contributed by atoms with Crippen molar-refractivity contribution in [1.82, 2.24) is 0 Å². The summed E-state index contributed by atoms with van der Waals surface area (Å²) in [5.41, 5.74) is -0.721. The van der Waals surface area contributed by atoms with Crippen LogP contribution in [0.2, 0.25) is 0 Å². The van der Waals surface area contributed by atoms with Gasteiger partial charge >= 0.3 is 0 Å². The van der Waals surface area contributed by atoms with Gasteiger partial charge in [-0.05, 0) is 24.3 Å². The molecule has 0 aliphatic rings. The van der Waals surface area contributed by atoms with Crippen LogP contribution in [0.15, 0.2) is 36.4 Å². The van der Waals surface area contributed by atoms with Crippen LogP contribution in [0.1, 0.15) is 0 Å². The summed E-state index contributed by atoms with van der Waals surface area (Å²) >= 11 is 0. The molecule has 0 fully saturated rings. The Bertz CT molecular complexity index is 606. The summed E-state index contributed by atoms with van der Waals surface area (Å²) in [6.07, 6.45) is 0. The zero-order valence-electron chi connectivity index (χ0n) is 9.27. The van der Waals surface area contributed by atoms with Crippen molar-refractivity contribution in [2.24, 2.45) is 0 Å². The topological polar surface area (TPSA) is 52.4 Å². The summed E-state index contributed by atoms with van der Waals surface area (Å²) in [4.78, 5) is 9.48. The predicted molar refractivity (Wildman–Crippen MR) is 59.5 cm³/mol. The first-order chi connectivity index (χ1) is 8.97. The van der Waals surface area contributed by atoms with E-state index in [4.69, 9.17) is 4.74 Å². The standard InChI is InChI=1S/C12H6F3NO3/c13-7-1-3-9(4-2-7)19-12-10(14)5-8(16(17)18)6-11(12)15/h1-6H. The van der Waals surface area contributed by atoms with Gasteiger partial charge in [0.1, 0.15) is 11.6 Å². The maximum Gasteiger partial charge on any atom is 0.275 e. The van der Waals surface area contributed by atoms with E-state index in [2.05, 4.69) is 0 Å². The van der Waals surface area contributed by atoms with Crippen molar-refractivity contribution < 1.29 is 22.8 Å². The SMILES string of the molecule is O=[N+]([O-])c1cc(F)c(Oc2ccc(F)cc2)c(F)c1. The van der Waals surface area contributed by atoms with Crippen LogP contribution in [0.5, 0.6) is 11.5 Å². The Balaban J connectivity index is 2.35. The molecule has 2 aromatic carbocycles. The molecule has 0 aromatic heterocycles. The summed E-state index contributed by atoms with van der Waals surface area (Å²) in [7, 11) is 0. The van der Waals surface area contributed by atoms with Gasteiger partial charge in [-0.3, -0.25) is 10.1 Å². The molecule has 0 bridgehead atoms. The molecule has 0 aliphatic carbocycles. The molecule has 0 amide bonds. The molecule has 19 heavy (non-hydrogen) atoms. The molecule has 0 saturated heterocycles. The van der Waals surface area contributed by atoms with Crippen molar-refractivity contribution in [1.29, 1.82) is 0 Å². The molecule has 0 unspecified atom stereocenters. The molecule has 0 heterocycles. The third kappa shape index (κ3) is 2.82. The predicted octanol–water partition coefficient (Wildman–Crippen LogP) is 3.80. The molecule has 0 saturated carbocycles. The molecule has 4 nitrogen and oxygen atoms in total. The molecule has 98 valence electrons. The first-order valence-corrected chi connectivity index (χ1v) is 5.04. The molecule has 2 aromatic rings. The van der Waals surface area contributed by atoms with E-state index in [0.717, 1.165) is 12.1 Å². The first kappa shape index (κ1) is 12.9. The Morgan fingerprint density at radius 1 is 1.00 bits per heavy atom. The Morgan fingerprint density at radius 3 is 2.00 bits per heavy atom. The number of hydrogen-bond acceptors (Lipinski definition) is 3. The van der Waals surface area contributed by atoms with Gasteiger partial charge in [-0.15, -0.1) is 0 Å². The first-order valence-electron chi connectivity index (χ1n) is 5.04. The fraction of sp³-hybridized carbons (Fsp3) is 0. The summed E-state index contributed by atoms with van der Waals surface area (Å²) in [5.74, 6) is -3.73. The Morgan fingerprint density at radius 2 is 1.53 bits per heavy atom. The molecule has 0 atom stereocenters. The number of hydrogen-bond donors (Lipinski definition) is 0. The molecular formula is C12H6F3NO3. The highest BCUT2D eigenvalue weighted by Gasteiger charge is 2.18. The van der Waals surface area contributed by atoms with Crippen LogP contribution in [0, 0.1) is 27.6 Å². The van der Waals surface area contributed by atoms with E-state index in [1.807, 2.05) is 0 Å². The van der Waals surface area contributed by atoms with E-state index >= 15 is 0 Å². The van der Waals surface area contributed by atoms with Crippen LogP contribution in [0.3, 0.4) is 0 Å². The van der Waals surface area contributed by atoms with Crippen molar-refractivity contribution in [3.8, 4) is 11.5 Å². The second kappa shape index (κ2) is 4.97. The average Bonchev–Trinajstić information content (AvgIpc) is 2.35. The van der Waals surface area contributed by atoms with E-state index in [1.165, 1.54) is 12.1 Å². The van der Waals surface area contributed by atoms with Gasteiger partial charge in [0.2, 0.25) is 0 Å². The maximum absolute atomic E-state index is 13.5. The molecule has 0 N–H and O–H groups in total. The smallest absolute Gasteiger partial charge is 0.275 e. The van der Waals surface area contributed by atoms with E-state index in [-0.39, 0.29) is 5.75 Å². The largest absolute Gasteiger partial charge is 0.451 e. The summed E-state index contributed by atoms with van der Waals surface area (Å²) < 4.78 is 44.5. The van der Waals surface area contributed by atoms with Gasteiger partial charge in [-0.2, -0.15) is 0 Å². The normalized spacial score (nSPS) is 10.3. The number of nitro benzene ring substituents is 1. The maximum atomic E-state index is 13.5. The van der Waals surface area contributed by atoms with Crippen LogP contribution in [-0.2, 0) is 0 Å². The minimum atomic E-state index is -1.21. The third-order valence-corrected chi connectivity index (χ3v) is 2.23. The number of halogens is 3. The monoisotopic (exact) mass is 269 g/mol. The fourth-order valence-electron chi connectivity index (χ4n) is 1.37. The second-order valence-corrected chi connectivity index (χ2v) is 3.55. The van der Waals surface area contributed by atoms with Crippen molar-refractivity contribution >= 4 is 5.69 Å². The third-order valence-electron chi connectivity index (χ3n) is 2.23. The lowest BCUT2D eigenvalue weighted by Crippen LogP contribution is -1.96. The average molecular weight is 269 g/mol. The van der Waals surface area contributed by atoms with E-state index < -0.39 is 33.8 Å². The van der Waals surface area contributed by atoms with Crippen LogP contribution in [0.25, 0.3) is 0 Å². The Kier molecular flexibility index (Phi) is 3.37. The quantitative estimate of drug-likeness (QED) is 0.629. The summed E-state index contributed by atoms with van der Waals surface area (Å²) in [5, 5.41) is 10.4. The van der Waals surface area contributed by atoms with Crippen molar-refractivity contribution in [2.75, 3.05) is 0 Å². The zero-order chi connectivity index (χ0) is 14.0. The number of non-ortho nitro benzene ring substituents is 1. The van der Waals surface area contributed by atoms with Gasteiger partial charge in [0.05, 0.1) is 17.1 Å². The van der Waals surface area contributed by atoms with Gasteiger partial charge < -0.3 is 4.74 Å². The van der Waals surface area contributed by atoms with Gasteiger partial charge in [-0.25, -0.2) is 13.2 Å². The van der Waals surface area contributed by atoms with Crippen LogP contribution >= 0.6 is 0 Å². The Labute approximate surface area is 105 Å². The van der Waals surface area contributed by atoms with Crippen LogP contribution in [-0.4, -0.2) is 4.92 Å². The van der Waals surface area contributed by atoms with Crippen molar-refractivity contribution in [3.63, 3.8) is 0 Å². The Hall–Kier alpha value is -2.57. The van der Waals surface area contributed by atoms with Gasteiger partial charge in [0, 0.05) is 0 Å². The lowest BCUT2D eigenvalue weighted by Gasteiger charge is -2.07. The number of benzene rings is 2. The van der Waals surface area contributed by atoms with Crippen LogP contribution < -0.4 is 4.74 Å². The highest BCUT2D eigenvalue weighted by molar-refractivity contribution is 5.41. The lowest BCUT2D eigenvalue weighted by atomic mass is 10.2. The van der Waals surface area contributed by atoms with Gasteiger partial charge in [0.15, 0.2) is 17.4 Å². The number of rotatable bonds is 3. The van der Waals surface area contributed by atoms with E-state index in [0.29, 0.717) is 12.1 Å². The van der Waals surface area contributed by atoms with Gasteiger partial charge in [0.25, 0.3) is 5.69 Å².